The summed E-state index contributed by atoms with van der Waals surface area (Å²) in [6.45, 7) is 9.90. The smallest absolute Gasteiger partial charge is 0.0308 e. The molecular weight excluding hydrogens is 220 g/mol. The average molecular weight is 252 g/mol. The first kappa shape index (κ1) is 14.3. The van der Waals surface area contributed by atoms with E-state index in [0.29, 0.717) is 5.54 Å². The Morgan fingerprint density at radius 2 is 1.94 bits per heavy atom. The first-order valence-corrected chi connectivity index (χ1v) is 8.21. The molecule has 1 spiro atoms. The highest BCUT2D eigenvalue weighted by Gasteiger charge is 2.34. The molecular formula is C16H32N2. The summed E-state index contributed by atoms with van der Waals surface area (Å²) in [6.07, 6.45) is 11.2. The van der Waals surface area contributed by atoms with E-state index in [1.807, 2.05) is 0 Å². The van der Waals surface area contributed by atoms with E-state index in [-0.39, 0.29) is 0 Å². The predicted octanol–water partition coefficient (Wildman–Crippen LogP) is 3.42. The molecule has 1 heterocycles. The molecule has 2 aliphatic rings. The maximum atomic E-state index is 3.89. The number of nitrogens with zero attached hydrogens (tertiary/aromatic N) is 1. The first-order valence-electron chi connectivity index (χ1n) is 8.21. The van der Waals surface area contributed by atoms with Crippen LogP contribution in [0.3, 0.4) is 0 Å². The second kappa shape index (κ2) is 6.91. The molecule has 0 aromatic heterocycles. The van der Waals surface area contributed by atoms with Crippen LogP contribution in [0.25, 0.3) is 0 Å². The van der Waals surface area contributed by atoms with Crippen LogP contribution in [-0.4, -0.2) is 36.6 Å². The molecule has 0 aromatic rings. The van der Waals surface area contributed by atoms with Gasteiger partial charge in [0.15, 0.2) is 0 Å². The van der Waals surface area contributed by atoms with Crippen LogP contribution in [0, 0.1) is 5.92 Å². The molecule has 1 atom stereocenters. The third kappa shape index (κ3) is 3.96. The minimum absolute atomic E-state index is 0.473. The molecule has 2 rings (SSSR count). The van der Waals surface area contributed by atoms with Crippen molar-refractivity contribution in [3.05, 3.63) is 0 Å². The van der Waals surface area contributed by atoms with Crippen LogP contribution in [0.5, 0.6) is 0 Å². The second-order valence-corrected chi connectivity index (χ2v) is 6.75. The van der Waals surface area contributed by atoms with E-state index >= 15 is 0 Å². The number of hydrogen-bond donors (Lipinski definition) is 1. The lowest BCUT2D eigenvalue weighted by atomic mass is 9.81. The van der Waals surface area contributed by atoms with Gasteiger partial charge in [0.25, 0.3) is 0 Å². The lowest BCUT2D eigenvalue weighted by Gasteiger charge is -2.40. The van der Waals surface area contributed by atoms with Crippen LogP contribution >= 0.6 is 0 Å². The Morgan fingerprint density at radius 3 is 2.67 bits per heavy atom. The van der Waals surface area contributed by atoms with E-state index in [0.717, 1.165) is 5.92 Å². The Morgan fingerprint density at radius 1 is 1.17 bits per heavy atom. The van der Waals surface area contributed by atoms with Crippen molar-refractivity contribution in [2.24, 2.45) is 5.92 Å². The zero-order valence-electron chi connectivity index (χ0n) is 12.5. The molecule has 18 heavy (non-hydrogen) atoms. The van der Waals surface area contributed by atoms with Gasteiger partial charge in [-0.25, -0.2) is 0 Å². The fourth-order valence-electron chi connectivity index (χ4n) is 3.96. The van der Waals surface area contributed by atoms with Gasteiger partial charge in [0.05, 0.1) is 0 Å². The Balaban J connectivity index is 1.90. The molecule has 1 unspecified atom stereocenters. The molecule has 0 amide bonds. The van der Waals surface area contributed by atoms with Crippen LogP contribution in [0.1, 0.15) is 65.2 Å². The fraction of sp³-hybridized carbons (Fsp3) is 1.00. The monoisotopic (exact) mass is 252 g/mol. The normalized spacial score (nSPS) is 27.0. The maximum absolute atomic E-state index is 3.89. The van der Waals surface area contributed by atoms with Gasteiger partial charge in [0.2, 0.25) is 0 Å². The van der Waals surface area contributed by atoms with Crippen LogP contribution < -0.4 is 5.32 Å². The molecule has 1 N–H and O–H groups in total. The summed E-state index contributed by atoms with van der Waals surface area (Å²) >= 11 is 0. The van der Waals surface area contributed by atoms with E-state index in [2.05, 4.69) is 24.1 Å². The Bertz CT molecular complexity index is 233. The molecule has 1 saturated heterocycles. The average Bonchev–Trinajstić information content (AvgIpc) is 2.53. The van der Waals surface area contributed by atoms with Gasteiger partial charge in [0, 0.05) is 18.6 Å². The highest BCUT2D eigenvalue weighted by Crippen LogP contribution is 2.30. The highest BCUT2D eigenvalue weighted by atomic mass is 15.2. The molecule has 0 radical (unpaired) electrons. The highest BCUT2D eigenvalue weighted by molar-refractivity contribution is 4.95. The first-order chi connectivity index (χ1) is 8.74. The van der Waals surface area contributed by atoms with Crippen molar-refractivity contribution >= 4 is 0 Å². The summed E-state index contributed by atoms with van der Waals surface area (Å²) in [5.41, 5.74) is 0.473. The van der Waals surface area contributed by atoms with Crippen molar-refractivity contribution in [1.29, 1.82) is 0 Å². The number of rotatable bonds is 4. The van der Waals surface area contributed by atoms with E-state index < -0.39 is 0 Å². The Labute approximate surface area is 114 Å². The van der Waals surface area contributed by atoms with Crippen molar-refractivity contribution in [2.45, 2.75) is 70.8 Å². The quantitative estimate of drug-likeness (QED) is 0.825. The summed E-state index contributed by atoms with van der Waals surface area (Å²) in [7, 11) is 0. The summed E-state index contributed by atoms with van der Waals surface area (Å²) in [6, 6.07) is 0. The van der Waals surface area contributed by atoms with Gasteiger partial charge in [-0.05, 0) is 44.7 Å². The predicted molar refractivity (Wildman–Crippen MR) is 78.9 cm³/mol. The third-order valence-corrected chi connectivity index (χ3v) is 4.84. The van der Waals surface area contributed by atoms with Gasteiger partial charge in [-0.2, -0.15) is 0 Å². The van der Waals surface area contributed by atoms with Gasteiger partial charge in [0.1, 0.15) is 0 Å². The van der Waals surface area contributed by atoms with E-state index in [4.69, 9.17) is 0 Å². The minimum atomic E-state index is 0.473. The molecule has 1 aliphatic heterocycles. The molecule has 0 aromatic carbocycles. The maximum Gasteiger partial charge on any atom is 0.0308 e. The van der Waals surface area contributed by atoms with Crippen LogP contribution in [0.2, 0.25) is 0 Å². The van der Waals surface area contributed by atoms with Gasteiger partial charge in [-0.15, -0.1) is 0 Å². The topological polar surface area (TPSA) is 15.3 Å². The van der Waals surface area contributed by atoms with Crippen LogP contribution in [0.15, 0.2) is 0 Å². The molecule has 0 bridgehead atoms. The Hall–Kier alpha value is -0.0800. The molecule has 1 aliphatic carbocycles. The van der Waals surface area contributed by atoms with Crippen molar-refractivity contribution in [3.63, 3.8) is 0 Å². The summed E-state index contributed by atoms with van der Waals surface area (Å²) in [5.74, 6) is 0.869. The zero-order chi connectivity index (χ0) is 12.8. The van der Waals surface area contributed by atoms with Crippen LogP contribution in [-0.2, 0) is 0 Å². The Kier molecular flexibility index (Phi) is 5.50. The van der Waals surface area contributed by atoms with Crippen LogP contribution in [0.4, 0.5) is 0 Å². The summed E-state index contributed by atoms with van der Waals surface area (Å²) in [4.78, 5) is 2.76. The molecule has 2 nitrogen and oxygen atoms in total. The molecule has 106 valence electrons. The van der Waals surface area contributed by atoms with Crippen molar-refractivity contribution in [2.75, 3.05) is 26.2 Å². The molecule has 2 fully saturated rings. The van der Waals surface area contributed by atoms with Gasteiger partial charge >= 0.3 is 0 Å². The minimum Gasteiger partial charge on any atom is -0.310 e. The molecule has 2 heteroatoms. The van der Waals surface area contributed by atoms with Gasteiger partial charge in [-0.3, -0.25) is 0 Å². The van der Waals surface area contributed by atoms with Crippen molar-refractivity contribution in [1.82, 2.24) is 10.2 Å². The number of hydrogen-bond acceptors (Lipinski definition) is 2. The largest absolute Gasteiger partial charge is 0.310 e. The third-order valence-electron chi connectivity index (χ3n) is 4.84. The second-order valence-electron chi connectivity index (χ2n) is 6.75. The van der Waals surface area contributed by atoms with Gasteiger partial charge in [-0.1, -0.05) is 39.5 Å². The molecule has 1 saturated carbocycles. The lowest BCUT2D eigenvalue weighted by Crippen LogP contribution is -2.53. The van der Waals surface area contributed by atoms with E-state index in [1.165, 1.54) is 77.5 Å². The van der Waals surface area contributed by atoms with Crippen molar-refractivity contribution in [3.8, 4) is 0 Å². The number of nitrogens with one attached hydrogen (secondary N) is 1. The lowest BCUT2D eigenvalue weighted by molar-refractivity contribution is 0.149. The van der Waals surface area contributed by atoms with Gasteiger partial charge < -0.3 is 10.2 Å². The van der Waals surface area contributed by atoms with E-state index in [1.54, 1.807) is 0 Å². The SMILES string of the molecule is CCCC(C)CN1CCCNC2(CCCCC2)C1. The summed E-state index contributed by atoms with van der Waals surface area (Å²) < 4.78 is 0. The fourth-order valence-corrected chi connectivity index (χ4v) is 3.96. The van der Waals surface area contributed by atoms with E-state index in [9.17, 15) is 0 Å². The zero-order valence-corrected chi connectivity index (χ0v) is 12.5. The summed E-state index contributed by atoms with van der Waals surface area (Å²) in [5, 5.41) is 3.89. The van der Waals surface area contributed by atoms with Crippen molar-refractivity contribution < 1.29 is 0 Å². The standard InChI is InChI=1S/C16H32N2/c1-3-8-15(2)13-18-12-7-11-17-16(14-18)9-5-4-6-10-16/h15,17H,3-14H2,1-2H3.